The maximum absolute atomic E-state index is 10.8. The Kier molecular flexibility index (Phi) is 3.52. The van der Waals surface area contributed by atoms with Crippen LogP contribution < -0.4 is 0 Å². The molecule has 0 atom stereocenters. The van der Waals surface area contributed by atoms with E-state index < -0.39 is 10.1 Å². The molecule has 0 aliphatic rings. The standard InChI is InChI=1S/C10H8O3S.Cu/c11-14(12,13)10-6-5-8-3-1-2-4-9(8)7-10;/h1-7H,(H,11,12,13);. The SMILES string of the molecule is O=S(=O)(O)c1ccc2ccccc2c1.[Cu]. The third-order valence-corrected chi connectivity index (χ3v) is 2.87. The summed E-state index contributed by atoms with van der Waals surface area (Å²) >= 11 is 0. The topological polar surface area (TPSA) is 54.4 Å². The molecule has 15 heavy (non-hydrogen) atoms. The molecule has 0 saturated heterocycles. The van der Waals surface area contributed by atoms with E-state index in [0.717, 1.165) is 10.8 Å². The van der Waals surface area contributed by atoms with E-state index in [-0.39, 0.29) is 22.0 Å². The molecule has 0 amide bonds. The number of hydrogen-bond donors (Lipinski definition) is 1. The fourth-order valence-corrected chi connectivity index (χ4v) is 1.84. The summed E-state index contributed by atoms with van der Waals surface area (Å²) in [6, 6.07) is 11.9. The molecule has 0 aliphatic carbocycles. The van der Waals surface area contributed by atoms with Crippen molar-refractivity contribution in [3.63, 3.8) is 0 Å². The average molecular weight is 272 g/mol. The first-order valence-corrected chi connectivity index (χ1v) is 5.48. The van der Waals surface area contributed by atoms with Crippen LogP contribution in [-0.2, 0) is 27.2 Å². The summed E-state index contributed by atoms with van der Waals surface area (Å²) in [6.07, 6.45) is 0. The largest absolute Gasteiger partial charge is 0.294 e. The summed E-state index contributed by atoms with van der Waals surface area (Å²) in [5.41, 5.74) is 0. The Morgan fingerprint density at radius 3 is 2.13 bits per heavy atom. The molecule has 2 aromatic rings. The summed E-state index contributed by atoms with van der Waals surface area (Å²) in [7, 11) is -4.09. The molecule has 0 heterocycles. The van der Waals surface area contributed by atoms with Crippen LogP contribution in [0.4, 0.5) is 0 Å². The molecule has 0 bridgehead atoms. The van der Waals surface area contributed by atoms with Crippen LogP contribution in [0.15, 0.2) is 47.4 Å². The van der Waals surface area contributed by atoms with Crippen LogP contribution in [0.1, 0.15) is 0 Å². The van der Waals surface area contributed by atoms with E-state index in [1.807, 2.05) is 18.2 Å². The predicted molar refractivity (Wildman–Crippen MR) is 53.8 cm³/mol. The van der Waals surface area contributed by atoms with Gasteiger partial charge in [-0.1, -0.05) is 30.3 Å². The molecule has 0 unspecified atom stereocenters. The molecule has 2 rings (SSSR count). The second-order valence-electron chi connectivity index (χ2n) is 2.98. The minimum atomic E-state index is -4.09. The Morgan fingerprint density at radius 1 is 0.933 bits per heavy atom. The van der Waals surface area contributed by atoms with Crippen LogP contribution in [-0.4, -0.2) is 13.0 Å². The zero-order chi connectivity index (χ0) is 10.2. The van der Waals surface area contributed by atoms with Gasteiger partial charge in [-0.25, -0.2) is 0 Å². The van der Waals surface area contributed by atoms with Gasteiger partial charge in [-0.2, -0.15) is 8.42 Å². The first-order chi connectivity index (χ1) is 6.57. The van der Waals surface area contributed by atoms with Gasteiger partial charge in [0.2, 0.25) is 0 Å². The van der Waals surface area contributed by atoms with Crippen molar-refractivity contribution in [3.8, 4) is 0 Å². The van der Waals surface area contributed by atoms with E-state index in [0.29, 0.717) is 0 Å². The summed E-state index contributed by atoms with van der Waals surface area (Å²) in [5.74, 6) is 0. The van der Waals surface area contributed by atoms with Crippen LogP contribution in [0.3, 0.4) is 0 Å². The monoisotopic (exact) mass is 271 g/mol. The Hall–Kier alpha value is -0.871. The minimum Gasteiger partial charge on any atom is -0.282 e. The average Bonchev–Trinajstić information content (AvgIpc) is 2.16. The zero-order valence-corrected chi connectivity index (χ0v) is 9.27. The molecule has 83 valence electrons. The number of benzene rings is 2. The fraction of sp³-hybridized carbons (Fsp3) is 0. The van der Waals surface area contributed by atoms with Crippen LogP contribution in [0.2, 0.25) is 0 Å². The quantitative estimate of drug-likeness (QED) is 0.638. The maximum Gasteiger partial charge on any atom is 0.294 e. The van der Waals surface area contributed by atoms with Crippen LogP contribution in [0, 0.1) is 0 Å². The molecule has 5 heteroatoms. The molecule has 0 fully saturated rings. The van der Waals surface area contributed by atoms with Crippen molar-refractivity contribution in [2.24, 2.45) is 0 Å². The third kappa shape index (κ3) is 2.58. The van der Waals surface area contributed by atoms with Crippen molar-refractivity contribution in [1.29, 1.82) is 0 Å². The molecule has 0 spiro atoms. The molecule has 0 saturated carbocycles. The fourth-order valence-electron chi connectivity index (χ4n) is 1.33. The molecular formula is C10H8CuO3S. The van der Waals surface area contributed by atoms with Crippen molar-refractivity contribution in [2.75, 3.05) is 0 Å². The smallest absolute Gasteiger partial charge is 0.282 e. The Balaban J connectivity index is 0.00000112. The van der Waals surface area contributed by atoms with E-state index in [2.05, 4.69) is 0 Å². The van der Waals surface area contributed by atoms with E-state index in [4.69, 9.17) is 4.55 Å². The maximum atomic E-state index is 10.8. The van der Waals surface area contributed by atoms with Gasteiger partial charge in [-0.05, 0) is 22.9 Å². The number of hydrogen-bond acceptors (Lipinski definition) is 2. The zero-order valence-electron chi connectivity index (χ0n) is 7.51. The number of fused-ring (bicyclic) bond motifs is 1. The Labute approximate surface area is 98.3 Å². The minimum absolute atomic E-state index is 0. The van der Waals surface area contributed by atoms with Gasteiger partial charge in [-0.15, -0.1) is 0 Å². The van der Waals surface area contributed by atoms with Gasteiger partial charge in [-0.3, -0.25) is 4.55 Å². The first kappa shape index (κ1) is 12.2. The summed E-state index contributed by atoms with van der Waals surface area (Å²) in [4.78, 5) is -0.0730. The van der Waals surface area contributed by atoms with Gasteiger partial charge in [0, 0.05) is 17.1 Å². The van der Waals surface area contributed by atoms with E-state index in [9.17, 15) is 8.42 Å². The Bertz CT molecular complexity index is 578. The van der Waals surface area contributed by atoms with Crippen molar-refractivity contribution in [1.82, 2.24) is 0 Å². The summed E-state index contributed by atoms with van der Waals surface area (Å²) < 4.78 is 30.5. The van der Waals surface area contributed by atoms with Crippen LogP contribution in [0.5, 0.6) is 0 Å². The van der Waals surface area contributed by atoms with Gasteiger partial charge in [0.1, 0.15) is 0 Å². The van der Waals surface area contributed by atoms with E-state index >= 15 is 0 Å². The molecule has 2 aromatic carbocycles. The molecule has 1 N–H and O–H groups in total. The van der Waals surface area contributed by atoms with Gasteiger partial charge >= 0.3 is 0 Å². The van der Waals surface area contributed by atoms with Gasteiger partial charge in [0.05, 0.1) is 4.90 Å². The van der Waals surface area contributed by atoms with Crippen molar-refractivity contribution >= 4 is 20.9 Å². The summed E-state index contributed by atoms with van der Waals surface area (Å²) in [6.45, 7) is 0. The predicted octanol–water partition coefficient (Wildman–Crippen LogP) is 2.08. The summed E-state index contributed by atoms with van der Waals surface area (Å²) in [5, 5.41) is 1.74. The molecule has 0 aliphatic heterocycles. The van der Waals surface area contributed by atoms with Crippen molar-refractivity contribution in [3.05, 3.63) is 42.5 Å². The molecule has 1 radical (unpaired) electrons. The first-order valence-electron chi connectivity index (χ1n) is 4.04. The molecule has 3 nitrogen and oxygen atoms in total. The normalized spacial score (nSPS) is 11.0. The van der Waals surface area contributed by atoms with Gasteiger partial charge in [0.25, 0.3) is 10.1 Å². The van der Waals surface area contributed by atoms with E-state index in [1.165, 1.54) is 12.1 Å². The van der Waals surface area contributed by atoms with E-state index in [1.54, 1.807) is 12.1 Å². The molecule has 0 aromatic heterocycles. The second kappa shape index (κ2) is 4.33. The van der Waals surface area contributed by atoms with Crippen molar-refractivity contribution in [2.45, 2.75) is 4.90 Å². The van der Waals surface area contributed by atoms with Gasteiger partial charge < -0.3 is 0 Å². The third-order valence-electron chi connectivity index (χ3n) is 2.02. The van der Waals surface area contributed by atoms with Crippen molar-refractivity contribution < 1.29 is 30.0 Å². The Morgan fingerprint density at radius 2 is 1.53 bits per heavy atom. The van der Waals surface area contributed by atoms with Gasteiger partial charge in [0.15, 0.2) is 0 Å². The second-order valence-corrected chi connectivity index (χ2v) is 4.41. The van der Waals surface area contributed by atoms with Crippen LogP contribution in [0.25, 0.3) is 10.8 Å². The molecular weight excluding hydrogens is 264 g/mol. The van der Waals surface area contributed by atoms with Crippen LogP contribution >= 0.6 is 0 Å². The number of rotatable bonds is 1.